The lowest BCUT2D eigenvalue weighted by Gasteiger charge is -2.15. The third kappa shape index (κ3) is 4.33. The monoisotopic (exact) mass is 420 g/mol. The minimum atomic E-state index is -0.365. The number of carbonyl (C=O) groups is 2. The molecule has 2 aromatic carbocycles. The van der Waals surface area contributed by atoms with Crippen molar-refractivity contribution in [2.24, 2.45) is 0 Å². The molecule has 0 spiro atoms. The third-order valence-corrected chi connectivity index (χ3v) is 6.18. The molecule has 6 heteroatoms. The zero-order valence-electron chi connectivity index (χ0n) is 17.1. The van der Waals surface area contributed by atoms with Gasteiger partial charge in [0.05, 0.1) is 10.8 Å². The van der Waals surface area contributed by atoms with Gasteiger partial charge in [-0.3, -0.25) is 19.9 Å². The van der Waals surface area contributed by atoms with Crippen LogP contribution >= 0.6 is 11.8 Å². The highest BCUT2D eigenvalue weighted by Gasteiger charge is 2.31. The highest BCUT2D eigenvalue weighted by atomic mass is 32.2. The van der Waals surface area contributed by atoms with E-state index in [1.807, 2.05) is 48.5 Å². The number of thioether (sulfide) groups is 1. The molecule has 1 aliphatic heterocycles. The summed E-state index contributed by atoms with van der Waals surface area (Å²) in [7, 11) is 0. The number of aromatic nitrogens is 1. The van der Waals surface area contributed by atoms with E-state index >= 15 is 0 Å². The molecule has 154 valence electrons. The Bertz CT molecular complexity index is 1110. The number of para-hydroxylation sites is 1. The largest absolute Gasteiger partial charge is 0.457 e. The van der Waals surface area contributed by atoms with Gasteiger partial charge >= 0.3 is 0 Å². The molecule has 5 nitrogen and oxygen atoms in total. The van der Waals surface area contributed by atoms with E-state index in [0.29, 0.717) is 6.42 Å². The summed E-state index contributed by atoms with van der Waals surface area (Å²) in [5.74, 6) is 1.35. The Labute approximate surface area is 180 Å². The number of hydrogen-bond acceptors (Lipinski definition) is 5. The summed E-state index contributed by atoms with van der Waals surface area (Å²) in [6.07, 6.45) is 3.27. The van der Waals surface area contributed by atoms with Crippen molar-refractivity contribution in [3.63, 3.8) is 0 Å². The first-order valence-corrected chi connectivity index (χ1v) is 11.1. The predicted octanol–water partition coefficient (Wildman–Crippen LogP) is 5.44. The number of aryl methyl sites for hydroxylation is 2. The first-order chi connectivity index (χ1) is 14.6. The van der Waals surface area contributed by atoms with Crippen LogP contribution in [0, 0.1) is 0 Å². The number of fused-ring (bicyclic) bond motifs is 1. The van der Waals surface area contributed by atoms with Crippen LogP contribution in [0.4, 0.5) is 4.79 Å². The number of imide groups is 1. The lowest BCUT2D eigenvalue weighted by Crippen LogP contribution is -2.25. The molecule has 1 aromatic heterocycles. The van der Waals surface area contributed by atoms with Crippen molar-refractivity contribution >= 4 is 33.8 Å². The van der Waals surface area contributed by atoms with E-state index in [4.69, 9.17) is 9.72 Å². The number of carbonyl (C=O) groups excluding carboxylic acids is 2. The maximum absolute atomic E-state index is 11.9. The summed E-state index contributed by atoms with van der Waals surface area (Å²) in [5.41, 5.74) is 4.14. The average Bonchev–Trinajstić information content (AvgIpc) is 3.06. The molecular formula is C24H24N2O3S. The molecule has 1 fully saturated rings. The van der Waals surface area contributed by atoms with Crippen molar-refractivity contribution in [3.05, 3.63) is 65.4 Å². The van der Waals surface area contributed by atoms with Crippen LogP contribution in [0.25, 0.3) is 10.9 Å². The second-order valence-corrected chi connectivity index (χ2v) is 8.53. The molecule has 2 amide bonds. The molecule has 1 aliphatic rings. The fourth-order valence-electron chi connectivity index (χ4n) is 3.71. The fraction of sp³-hybridized carbons (Fsp3) is 0.292. The number of rotatable bonds is 7. The lowest BCUT2D eigenvalue weighted by molar-refractivity contribution is -0.118. The molecule has 30 heavy (non-hydrogen) atoms. The molecule has 1 unspecified atom stereocenters. The van der Waals surface area contributed by atoms with Crippen molar-refractivity contribution < 1.29 is 14.3 Å². The number of benzene rings is 2. The molecule has 3 aromatic rings. The van der Waals surface area contributed by atoms with Crippen LogP contribution in [0.1, 0.15) is 37.1 Å². The van der Waals surface area contributed by atoms with Gasteiger partial charge in [0.15, 0.2) is 0 Å². The third-order valence-electron chi connectivity index (χ3n) is 5.20. The van der Waals surface area contributed by atoms with Crippen molar-refractivity contribution in [1.29, 1.82) is 0 Å². The summed E-state index contributed by atoms with van der Waals surface area (Å²) in [6, 6.07) is 16.0. The highest BCUT2D eigenvalue weighted by molar-refractivity contribution is 8.15. The van der Waals surface area contributed by atoms with Crippen LogP contribution in [0.15, 0.2) is 48.5 Å². The molecule has 1 N–H and O–H groups in total. The van der Waals surface area contributed by atoms with Gasteiger partial charge in [0.25, 0.3) is 5.24 Å². The Balaban J connectivity index is 1.62. The van der Waals surface area contributed by atoms with Crippen LogP contribution in [0.3, 0.4) is 0 Å². The van der Waals surface area contributed by atoms with Gasteiger partial charge in [-0.15, -0.1) is 0 Å². The number of ether oxygens (including phenoxy) is 1. The fourth-order valence-corrected chi connectivity index (χ4v) is 4.56. The van der Waals surface area contributed by atoms with Crippen molar-refractivity contribution in [2.75, 3.05) is 0 Å². The zero-order valence-corrected chi connectivity index (χ0v) is 17.9. The average molecular weight is 421 g/mol. The van der Waals surface area contributed by atoms with E-state index in [1.165, 1.54) is 0 Å². The van der Waals surface area contributed by atoms with Gasteiger partial charge in [-0.25, -0.2) is 0 Å². The molecule has 0 saturated carbocycles. The SMILES string of the molecule is CCCc1cc(Oc2ccc(CC3SC(=O)NC3=O)c(CC)c2)c2ccccc2n1. The molecule has 2 heterocycles. The summed E-state index contributed by atoms with van der Waals surface area (Å²) < 4.78 is 6.31. The molecule has 4 rings (SSSR count). The maximum atomic E-state index is 11.9. The van der Waals surface area contributed by atoms with Crippen molar-refractivity contribution in [1.82, 2.24) is 10.3 Å². The maximum Gasteiger partial charge on any atom is 0.286 e. The first-order valence-electron chi connectivity index (χ1n) is 10.3. The van der Waals surface area contributed by atoms with Crippen LogP contribution in [0.5, 0.6) is 11.5 Å². The van der Waals surface area contributed by atoms with Crippen LogP contribution < -0.4 is 10.1 Å². The Hall–Kier alpha value is -2.86. The number of hydrogen-bond donors (Lipinski definition) is 1. The van der Waals surface area contributed by atoms with Gasteiger partial charge in [-0.1, -0.05) is 50.2 Å². The molecular weight excluding hydrogens is 396 g/mol. The lowest BCUT2D eigenvalue weighted by atomic mass is 10.00. The quantitative estimate of drug-likeness (QED) is 0.551. The molecule has 0 radical (unpaired) electrons. The van der Waals surface area contributed by atoms with Gasteiger partial charge < -0.3 is 4.74 Å². The Morgan fingerprint density at radius 1 is 1.07 bits per heavy atom. The molecule has 1 atom stereocenters. The number of amides is 2. The normalized spacial score (nSPS) is 16.1. The minimum Gasteiger partial charge on any atom is -0.457 e. The smallest absolute Gasteiger partial charge is 0.286 e. The van der Waals surface area contributed by atoms with Gasteiger partial charge in [-0.05, 0) is 54.7 Å². The molecule has 0 bridgehead atoms. The van der Waals surface area contributed by atoms with E-state index in [2.05, 4.69) is 19.2 Å². The van der Waals surface area contributed by atoms with Gasteiger partial charge in [0.2, 0.25) is 5.91 Å². The van der Waals surface area contributed by atoms with Gasteiger partial charge in [-0.2, -0.15) is 0 Å². The van der Waals surface area contributed by atoms with Crippen LogP contribution in [-0.4, -0.2) is 21.4 Å². The molecule has 1 saturated heterocycles. The van der Waals surface area contributed by atoms with Crippen LogP contribution in [-0.2, 0) is 24.1 Å². The minimum absolute atomic E-state index is 0.209. The number of pyridine rings is 1. The Morgan fingerprint density at radius 3 is 2.63 bits per heavy atom. The molecule has 0 aliphatic carbocycles. The van der Waals surface area contributed by atoms with Gasteiger partial charge in [0, 0.05) is 17.1 Å². The van der Waals surface area contributed by atoms with E-state index in [9.17, 15) is 9.59 Å². The highest BCUT2D eigenvalue weighted by Crippen LogP contribution is 2.32. The second kappa shape index (κ2) is 8.88. The van der Waals surface area contributed by atoms with E-state index in [0.717, 1.165) is 70.2 Å². The first kappa shape index (κ1) is 20.4. The second-order valence-electron chi connectivity index (χ2n) is 7.35. The Morgan fingerprint density at radius 2 is 1.90 bits per heavy atom. The van der Waals surface area contributed by atoms with Crippen molar-refractivity contribution in [2.45, 2.75) is 44.8 Å². The summed E-state index contributed by atoms with van der Waals surface area (Å²) >= 11 is 1.06. The number of nitrogens with one attached hydrogen (secondary N) is 1. The number of nitrogens with zero attached hydrogens (tertiary/aromatic N) is 1. The van der Waals surface area contributed by atoms with Crippen LogP contribution in [0.2, 0.25) is 0 Å². The summed E-state index contributed by atoms with van der Waals surface area (Å²) in [6.45, 7) is 4.22. The Kier molecular flexibility index (Phi) is 6.04. The van der Waals surface area contributed by atoms with E-state index in [-0.39, 0.29) is 16.4 Å². The van der Waals surface area contributed by atoms with Gasteiger partial charge in [0.1, 0.15) is 11.5 Å². The van der Waals surface area contributed by atoms with E-state index in [1.54, 1.807) is 0 Å². The zero-order chi connectivity index (χ0) is 21.1. The van der Waals surface area contributed by atoms with Crippen molar-refractivity contribution in [3.8, 4) is 11.5 Å². The van der Waals surface area contributed by atoms with E-state index < -0.39 is 0 Å². The predicted molar refractivity (Wildman–Crippen MR) is 120 cm³/mol. The summed E-state index contributed by atoms with van der Waals surface area (Å²) in [5, 5.41) is 2.71. The standard InChI is InChI=1S/C24H24N2O3S/c1-3-7-17-14-21(19-8-5-6-9-20(19)25-17)29-18-11-10-16(15(4-2)12-18)13-22-23(27)26-24(28)30-22/h5-6,8-12,14,22H,3-4,7,13H2,1-2H3,(H,26,27,28). The topological polar surface area (TPSA) is 68.3 Å². The summed E-state index contributed by atoms with van der Waals surface area (Å²) in [4.78, 5) is 28.1.